The second-order valence-corrected chi connectivity index (χ2v) is 7.02. The van der Waals surface area contributed by atoms with Gasteiger partial charge in [0.1, 0.15) is 0 Å². The third-order valence-corrected chi connectivity index (χ3v) is 5.28. The van der Waals surface area contributed by atoms with Gasteiger partial charge in [-0.05, 0) is 72.0 Å². The molecule has 20 heavy (non-hydrogen) atoms. The summed E-state index contributed by atoms with van der Waals surface area (Å²) in [6.07, 6.45) is 9.65. The fourth-order valence-corrected chi connectivity index (χ4v) is 3.87. The number of likely N-dealkylation sites (N-methyl/N-ethyl adjacent to an activating group) is 1. The van der Waals surface area contributed by atoms with Crippen LogP contribution in [0.25, 0.3) is 0 Å². The van der Waals surface area contributed by atoms with E-state index in [4.69, 9.17) is 4.74 Å². The van der Waals surface area contributed by atoms with E-state index in [1.165, 1.54) is 58.0 Å². The Morgan fingerprint density at radius 3 is 2.55 bits per heavy atom. The van der Waals surface area contributed by atoms with E-state index in [9.17, 15) is 0 Å². The highest BCUT2D eigenvalue weighted by molar-refractivity contribution is 4.94. The standard InChI is InChI=1S/C17H34N2O/c1-4-18-16(11-10-15-9-8-14-20-15)17(2,3)19-12-6-5-7-13-19/h15-16,18H,4-14H2,1-3H3. The van der Waals surface area contributed by atoms with Crippen LogP contribution in [0.2, 0.25) is 0 Å². The van der Waals surface area contributed by atoms with E-state index in [0.29, 0.717) is 12.1 Å². The van der Waals surface area contributed by atoms with Crippen molar-refractivity contribution in [1.29, 1.82) is 0 Å². The number of hydrogen-bond donors (Lipinski definition) is 1. The molecule has 0 bridgehead atoms. The summed E-state index contributed by atoms with van der Waals surface area (Å²) in [4.78, 5) is 2.71. The average Bonchev–Trinajstić information content (AvgIpc) is 2.97. The lowest BCUT2D eigenvalue weighted by atomic mass is 9.86. The van der Waals surface area contributed by atoms with Crippen molar-refractivity contribution >= 4 is 0 Å². The maximum Gasteiger partial charge on any atom is 0.0576 e. The summed E-state index contributed by atoms with van der Waals surface area (Å²) in [5, 5.41) is 3.75. The molecular weight excluding hydrogens is 248 g/mol. The van der Waals surface area contributed by atoms with Crippen molar-refractivity contribution in [3.05, 3.63) is 0 Å². The van der Waals surface area contributed by atoms with Gasteiger partial charge in [0.15, 0.2) is 0 Å². The zero-order valence-corrected chi connectivity index (χ0v) is 13.8. The van der Waals surface area contributed by atoms with E-state index in [-0.39, 0.29) is 5.54 Å². The molecule has 3 heteroatoms. The quantitative estimate of drug-likeness (QED) is 0.776. The molecule has 2 aliphatic rings. The van der Waals surface area contributed by atoms with Gasteiger partial charge in [0.2, 0.25) is 0 Å². The first-order chi connectivity index (χ1) is 9.64. The van der Waals surface area contributed by atoms with Gasteiger partial charge >= 0.3 is 0 Å². The number of nitrogens with zero attached hydrogens (tertiary/aromatic N) is 1. The molecule has 0 saturated carbocycles. The van der Waals surface area contributed by atoms with Crippen molar-refractivity contribution in [2.45, 2.75) is 83.4 Å². The molecular formula is C17H34N2O. The monoisotopic (exact) mass is 282 g/mol. The Morgan fingerprint density at radius 1 is 1.20 bits per heavy atom. The van der Waals surface area contributed by atoms with Crippen LogP contribution >= 0.6 is 0 Å². The van der Waals surface area contributed by atoms with Crippen molar-refractivity contribution < 1.29 is 4.74 Å². The maximum absolute atomic E-state index is 5.80. The highest BCUT2D eigenvalue weighted by atomic mass is 16.5. The van der Waals surface area contributed by atoms with Crippen LogP contribution in [0.5, 0.6) is 0 Å². The van der Waals surface area contributed by atoms with Crippen molar-refractivity contribution in [3.63, 3.8) is 0 Å². The van der Waals surface area contributed by atoms with Crippen molar-refractivity contribution in [3.8, 4) is 0 Å². The fourth-order valence-electron chi connectivity index (χ4n) is 3.87. The van der Waals surface area contributed by atoms with Crippen LogP contribution in [0.15, 0.2) is 0 Å². The second kappa shape index (κ2) is 7.77. The average molecular weight is 282 g/mol. The molecule has 2 rings (SSSR count). The molecule has 2 atom stereocenters. The van der Waals surface area contributed by atoms with Crippen LogP contribution in [-0.4, -0.2) is 48.8 Å². The van der Waals surface area contributed by atoms with Gasteiger partial charge in [0.25, 0.3) is 0 Å². The number of nitrogens with one attached hydrogen (secondary N) is 1. The molecule has 0 amide bonds. The Morgan fingerprint density at radius 2 is 1.95 bits per heavy atom. The molecule has 2 unspecified atom stereocenters. The Balaban J connectivity index is 1.90. The van der Waals surface area contributed by atoms with Crippen LogP contribution in [0.4, 0.5) is 0 Å². The summed E-state index contributed by atoms with van der Waals surface area (Å²) in [6, 6.07) is 0.579. The lowest BCUT2D eigenvalue weighted by Crippen LogP contribution is -2.59. The van der Waals surface area contributed by atoms with Crippen molar-refractivity contribution in [2.75, 3.05) is 26.2 Å². The van der Waals surface area contributed by atoms with E-state index in [0.717, 1.165) is 13.2 Å². The minimum absolute atomic E-state index is 0.259. The smallest absolute Gasteiger partial charge is 0.0576 e. The molecule has 118 valence electrons. The lowest BCUT2D eigenvalue weighted by Gasteiger charge is -2.46. The van der Waals surface area contributed by atoms with Crippen LogP contribution in [-0.2, 0) is 4.74 Å². The predicted octanol–water partition coefficient (Wildman–Crippen LogP) is 3.19. The fraction of sp³-hybridized carbons (Fsp3) is 1.00. The normalized spacial score (nSPS) is 26.9. The molecule has 0 aromatic heterocycles. The van der Waals surface area contributed by atoms with E-state index in [2.05, 4.69) is 31.0 Å². The van der Waals surface area contributed by atoms with Crippen molar-refractivity contribution in [2.24, 2.45) is 0 Å². The number of hydrogen-bond acceptors (Lipinski definition) is 3. The first kappa shape index (κ1) is 16.3. The van der Waals surface area contributed by atoms with E-state index in [1.54, 1.807) is 0 Å². The molecule has 0 spiro atoms. The number of piperidine rings is 1. The third kappa shape index (κ3) is 4.19. The molecule has 3 nitrogen and oxygen atoms in total. The van der Waals surface area contributed by atoms with Crippen molar-refractivity contribution in [1.82, 2.24) is 10.2 Å². The Hall–Kier alpha value is -0.120. The maximum atomic E-state index is 5.80. The number of rotatable bonds is 7. The van der Waals surface area contributed by atoms with E-state index < -0.39 is 0 Å². The van der Waals surface area contributed by atoms with Gasteiger partial charge in [0, 0.05) is 18.2 Å². The van der Waals surface area contributed by atoms with E-state index >= 15 is 0 Å². The molecule has 2 aliphatic heterocycles. The van der Waals surface area contributed by atoms with Gasteiger partial charge in [-0.2, -0.15) is 0 Å². The summed E-state index contributed by atoms with van der Waals surface area (Å²) >= 11 is 0. The first-order valence-corrected chi connectivity index (χ1v) is 8.74. The molecule has 2 saturated heterocycles. The highest BCUT2D eigenvalue weighted by Crippen LogP contribution is 2.28. The number of likely N-dealkylation sites (tertiary alicyclic amines) is 1. The minimum Gasteiger partial charge on any atom is -0.378 e. The van der Waals surface area contributed by atoms with E-state index in [1.807, 2.05) is 0 Å². The zero-order valence-electron chi connectivity index (χ0n) is 13.8. The van der Waals surface area contributed by atoms with Gasteiger partial charge in [-0.1, -0.05) is 13.3 Å². The SMILES string of the molecule is CCNC(CCC1CCCO1)C(C)(C)N1CCCCC1. The van der Waals surface area contributed by atoms with Gasteiger partial charge in [-0.3, -0.25) is 4.90 Å². The van der Waals surface area contributed by atoms with Crippen LogP contribution in [0, 0.1) is 0 Å². The second-order valence-electron chi connectivity index (χ2n) is 7.02. The summed E-state index contributed by atoms with van der Waals surface area (Å²) in [6.45, 7) is 11.7. The first-order valence-electron chi connectivity index (χ1n) is 8.74. The third-order valence-electron chi connectivity index (χ3n) is 5.28. The van der Waals surface area contributed by atoms with Crippen LogP contribution < -0.4 is 5.32 Å². The van der Waals surface area contributed by atoms with Crippen LogP contribution in [0.1, 0.15) is 65.7 Å². The predicted molar refractivity (Wildman–Crippen MR) is 85.2 cm³/mol. The van der Waals surface area contributed by atoms with Crippen LogP contribution in [0.3, 0.4) is 0 Å². The minimum atomic E-state index is 0.259. The van der Waals surface area contributed by atoms with Gasteiger partial charge in [0.05, 0.1) is 6.10 Å². The summed E-state index contributed by atoms with van der Waals surface area (Å²) in [5.41, 5.74) is 0.259. The molecule has 0 aromatic carbocycles. The van der Waals surface area contributed by atoms with Gasteiger partial charge in [-0.25, -0.2) is 0 Å². The molecule has 0 radical (unpaired) electrons. The lowest BCUT2D eigenvalue weighted by molar-refractivity contribution is 0.0471. The zero-order chi connectivity index (χ0) is 14.4. The molecule has 1 N–H and O–H groups in total. The highest BCUT2D eigenvalue weighted by Gasteiger charge is 2.35. The molecule has 0 aliphatic carbocycles. The Kier molecular flexibility index (Phi) is 6.31. The number of ether oxygens (including phenoxy) is 1. The van der Waals surface area contributed by atoms with Gasteiger partial charge < -0.3 is 10.1 Å². The largest absolute Gasteiger partial charge is 0.378 e. The topological polar surface area (TPSA) is 24.5 Å². The molecule has 2 fully saturated rings. The summed E-state index contributed by atoms with van der Waals surface area (Å²) < 4.78 is 5.80. The molecule has 0 aromatic rings. The van der Waals surface area contributed by atoms with Gasteiger partial charge in [-0.15, -0.1) is 0 Å². The molecule has 2 heterocycles. The summed E-state index contributed by atoms with van der Waals surface area (Å²) in [5.74, 6) is 0. The Bertz CT molecular complexity index is 268. The summed E-state index contributed by atoms with van der Waals surface area (Å²) in [7, 11) is 0. The Labute approximate surface area is 125 Å².